The molecule has 1 aromatic heterocycles. The summed E-state index contributed by atoms with van der Waals surface area (Å²) in [5.41, 5.74) is 1.93. The summed E-state index contributed by atoms with van der Waals surface area (Å²) in [4.78, 5) is 16.0. The SMILES string of the molecule is CCc1[nH]c2ccc(C(F)(F)F)cc2c1CC(CC)CCCCCCCCCC1(C(=O)NCC#N)CCOCC1. The number of alkyl halides is 3. The molecule has 1 atom stereocenters. The van der Waals surface area contributed by atoms with Gasteiger partial charge in [-0.05, 0) is 61.8 Å². The molecule has 1 aliphatic heterocycles. The van der Waals surface area contributed by atoms with Crippen molar-refractivity contribution in [2.45, 2.75) is 110 Å². The number of aromatic amines is 1. The Hall–Kier alpha value is -2.53. The summed E-state index contributed by atoms with van der Waals surface area (Å²) >= 11 is 0. The lowest BCUT2D eigenvalue weighted by Crippen LogP contribution is -2.44. The van der Waals surface area contributed by atoms with Gasteiger partial charge in [0.05, 0.1) is 17.0 Å². The van der Waals surface area contributed by atoms with Gasteiger partial charge in [0.25, 0.3) is 0 Å². The van der Waals surface area contributed by atoms with E-state index >= 15 is 0 Å². The van der Waals surface area contributed by atoms with Gasteiger partial charge in [-0.2, -0.15) is 18.4 Å². The maximum Gasteiger partial charge on any atom is 0.416 e. The van der Waals surface area contributed by atoms with E-state index in [1.54, 1.807) is 6.07 Å². The minimum absolute atomic E-state index is 0.00214. The van der Waals surface area contributed by atoms with E-state index in [0.29, 0.717) is 19.1 Å². The van der Waals surface area contributed by atoms with Crippen LogP contribution in [0.3, 0.4) is 0 Å². The van der Waals surface area contributed by atoms with Crippen LogP contribution in [0.5, 0.6) is 0 Å². The Kier molecular flexibility index (Phi) is 12.4. The molecule has 40 heavy (non-hydrogen) atoms. The summed E-state index contributed by atoms with van der Waals surface area (Å²) in [6.45, 7) is 5.49. The average Bonchev–Trinajstić information content (AvgIpc) is 3.30. The number of carbonyl (C=O) groups excluding carboxylic acids is 1. The predicted octanol–water partition coefficient (Wildman–Crippen LogP) is 8.27. The van der Waals surface area contributed by atoms with Gasteiger partial charge in [0.1, 0.15) is 6.54 Å². The molecule has 0 bridgehead atoms. The second kappa shape index (κ2) is 15.5. The molecule has 5 nitrogen and oxygen atoms in total. The zero-order valence-electron chi connectivity index (χ0n) is 24.2. The molecular weight excluding hydrogens is 515 g/mol. The molecule has 8 heteroatoms. The third-order valence-electron chi connectivity index (χ3n) is 8.77. The van der Waals surface area contributed by atoms with Crippen LogP contribution in [0.15, 0.2) is 18.2 Å². The normalized spacial score (nSPS) is 16.1. The molecule has 0 spiro atoms. The zero-order valence-corrected chi connectivity index (χ0v) is 24.2. The van der Waals surface area contributed by atoms with E-state index in [4.69, 9.17) is 10.00 Å². The highest BCUT2D eigenvalue weighted by atomic mass is 19.4. The van der Waals surface area contributed by atoms with E-state index in [9.17, 15) is 18.0 Å². The fraction of sp³-hybridized carbons (Fsp3) is 0.688. The predicted molar refractivity (Wildman–Crippen MR) is 153 cm³/mol. The van der Waals surface area contributed by atoms with Crippen molar-refractivity contribution in [1.29, 1.82) is 5.26 Å². The van der Waals surface area contributed by atoms with Crippen LogP contribution in [0.2, 0.25) is 0 Å². The summed E-state index contributed by atoms with van der Waals surface area (Å²) in [6, 6.07) is 6.04. The van der Waals surface area contributed by atoms with E-state index in [0.717, 1.165) is 98.9 Å². The lowest BCUT2D eigenvalue weighted by molar-refractivity contribution is -0.138. The lowest BCUT2D eigenvalue weighted by Gasteiger charge is -2.35. The number of nitriles is 1. The maximum absolute atomic E-state index is 13.3. The van der Waals surface area contributed by atoms with Crippen LogP contribution in [-0.2, 0) is 28.5 Å². The van der Waals surface area contributed by atoms with Crippen LogP contribution >= 0.6 is 0 Å². The summed E-state index contributed by atoms with van der Waals surface area (Å²) < 4.78 is 45.5. The number of carbonyl (C=O) groups is 1. The number of hydrogen-bond donors (Lipinski definition) is 2. The molecule has 2 N–H and O–H groups in total. The van der Waals surface area contributed by atoms with E-state index < -0.39 is 11.7 Å². The topological polar surface area (TPSA) is 77.9 Å². The van der Waals surface area contributed by atoms with Crippen molar-refractivity contribution in [2.24, 2.45) is 11.3 Å². The Bertz CT molecular complexity index is 1110. The first kappa shape index (κ1) is 32.0. The van der Waals surface area contributed by atoms with Crippen molar-refractivity contribution in [3.8, 4) is 6.07 Å². The fourth-order valence-corrected chi connectivity index (χ4v) is 6.19. The number of rotatable bonds is 16. The van der Waals surface area contributed by atoms with E-state index in [1.807, 2.05) is 13.0 Å². The smallest absolute Gasteiger partial charge is 0.381 e. The Labute approximate surface area is 237 Å². The monoisotopic (exact) mass is 561 g/mol. The van der Waals surface area contributed by atoms with E-state index in [1.165, 1.54) is 25.3 Å². The molecule has 0 saturated carbocycles. The quantitative estimate of drug-likeness (QED) is 0.160. The highest BCUT2D eigenvalue weighted by Gasteiger charge is 2.39. The van der Waals surface area contributed by atoms with Crippen molar-refractivity contribution in [2.75, 3.05) is 19.8 Å². The van der Waals surface area contributed by atoms with E-state index in [-0.39, 0.29) is 17.9 Å². The fourth-order valence-electron chi connectivity index (χ4n) is 6.19. The average molecular weight is 562 g/mol. The highest BCUT2D eigenvalue weighted by Crippen LogP contribution is 2.37. The number of aryl methyl sites for hydroxylation is 1. The van der Waals surface area contributed by atoms with Gasteiger partial charge in [0.15, 0.2) is 0 Å². The number of unbranched alkanes of at least 4 members (excludes halogenated alkanes) is 6. The third kappa shape index (κ3) is 8.73. The van der Waals surface area contributed by atoms with Crippen LogP contribution in [0.1, 0.15) is 108 Å². The summed E-state index contributed by atoms with van der Waals surface area (Å²) in [6.07, 6.45) is 9.60. The number of benzene rings is 1. The number of ether oxygens (including phenoxy) is 1. The number of H-pyrrole nitrogens is 1. The third-order valence-corrected chi connectivity index (χ3v) is 8.77. The Morgan fingerprint density at radius 2 is 1.77 bits per heavy atom. The first-order valence-electron chi connectivity index (χ1n) is 15.2. The number of halogens is 3. The molecule has 3 rings (SSSR count). The minimum atomic E-state index is -4.34. The second-order valence-corrected chi connectivity index (χ2v) is 11.4. The highest BCUT2D eigenvalue weighted by molar-refractivity contribution is 5.85. The minimum Gasteiger partial charge on any atom is -0.381 e. The lowest BCUT2D eigenvalue weighted by atomic mass is 9.75. The summed E-state index contributed by atoms with van der Waals surface area (Å²) in [7, 11) is 0. The first-order valence-corrected chi connectivity index (χ1v) is 15.2. The summed E-state index contributed by atoms with van der Waals surface area (Å²) in [5, 5.41) is 12.3. The first-order chi connectivity index (χ1) is 19.2. The molecule has 1 saturated heterocycles. The van der Waals surface area contributed by atoms with Crippen LogP contribution in [0.4, 0.5) is 13.2 Å². The van der Waals surface area contributed by atoms with Gasteiger partial charge in [-0.1, -0.05) is 71.6 Å². The molecule has 1 amide bonds. The van der Waals surface area contributed by atoms with Gasteiger partial charge in [-0.25, -0.2) is 0 Å². The largest absolute Gasteiger partial charge is 0.416 e. The van der Waals surface area contributed by atoms with Crippen LogP contribution < -0.4 is 5.32 Å². The molecule has 1 fully saturated rings. The molecule has 0 aliphatic carbocycles. The Balaban J connectivity index is 1.39. The van der Waals surface area contributed by atoms with Crippen LogP contribution in [0.25, 0.3) is 10.9 Å². The Morgan fingerprint density at radius 1 is 1.10 bits per heavy atom. The Morgan fingerprint density at radius 3 is 2.40 bits per heavy atom. The number of fused-ring (bicyclic) bond motifs is 1. The molecule has 1 aromatic carbocycles. The van der Waals surface area contributed by atoms with Crippen molar-refractivity contribution >= 4 is 16.8 Å². The number of nitrogens with zero attached hydrogens (tertiary/aromatic N) is 1. The number of nitrogens with one attached hydrogen (secondary N) is 2. The van der Waals surface area contributed by atoms with Gasteiger partial charge in [-0.3, -0.25) is 4.79 Å². The van der Waals surface area contributed by atoms with Crippen LogP contribution in [0, 0.1) is 22.7 Å². The molecule has 222 valence electrons. The summed E-state index contributed by atoms with van der Waals surface area (Å²) in [5.74, 6) is 0.462. The van der Waals surface area contributed by atoms with Crippen molar-refractivity contribution in [3.63, 3.8) is 0 Å². The number of hydrogen-bond acceptors (Lipinski definition) is 3. The van der Waals surface area contributed by atoms with Gasteiger partial charge in [0, 0.05) is 29.8 Å². The second-order valence-electron chi connectivity index (χ2n) is 11.4. The number of amides is 1. The number of aromatic nitrogens is 1. The molecule has 2 heterocycles. The molecule has 1 unspecified atom stereocenters. The van der Waals surface area contributed by atoms with Crippen molar-refractivity contribution in [1.82, 2.24) is 10.3 Å². The maximum atomic E-state index is 13.3. The van der Waals surface area contributed by atoms with Crippen molar-refractivity contribution in [3.05, 3.63) is 35.0 Å². The molecule has 0 radical (unpaired) electrons. The van der Waals surface area contributed by atoms with Crippen LogP contribution in [-0.4, -0.2) is 30.6 Å². The van der Waals surface area contributed by atoms with E-state index in [2.05, 4.69) is 17.2 Å². The molecular formula is C32H46F3N3O2. The zero-order chi connectivity index (χ0) is 29.0. The van der Waals surface area contributed by atoms with Gasteiger partial charge in [0.2, 0.25) is 5.91 Å². The molecule has 2 aromatic rings. The van der Waals surface area contributed by atoms with Gasteiger partial charge in [-0.15, -0.1) is 0 Å². The van der Waals surface area contributed by atoms with Gasteiger partial charge >= 0.3 is 6.18 Å². The molecule has 1 aliphatic rings. The standard InChI is InChI=1S/C32H46F3N3O2/c1-3-24(22-26-27-23-25(32(33,34)35)13-14-29(27)38-28(26)4-2)12-10-8-6-5-7-9-11-15-31(16-20-40-21-17-31)30(39)37-19-18-36/h13-14,23-24,38H,3-12,15-17,19-22H2,1-2H3,(H,37,39). The van der Waals surface area contributed by atoms with Gasteiger partial charge < -0.3 is 15.0 Å². The van der Waals surface area contributed by atoms with Crippen molar-refractivity contribution < 1.29 is 22.7 Å².